The van der Waals surface area contributed by atoms with Gasteiger partial charge in [0.25, 0.3) is 0 Å². The number of nitrogens with zero attached hydrogens (tertiary/aromatic N) is 1. The average Bonchev–Trinajstić information content (AvgIpc) is 1.86. The lowest BCUT2D eigenvalue weighted by molar-refractivity contribution is -0.138. The maximum absolute atomic E-state index is 10.2. The molecule has 0 aromatic rings. The van der Waals surface area contributed by atoms with Crippen molar-refractivity contribution in [1.29, 1.82) is 0 Å². The Labute approximate surface area is 65.1 Å². The van der Waals surface area contributed by atoms with Gasteiger partial charge in [-0.25, -0.2) is 0 Å². The zero-order valence-electron chi connectivity index (χ0n) is 6.45. The Kier molecular flexibility index (Phi) is 4.21. The van der Waals surface area contributed by atoms with Gasteiger partial charge in [0.05, 0.1) is 5.84 Å². The number of rotatable bonds is 4. The van der Waals surface area contributed by atoms with Crippen LogP contribution >= 0.6 is 0 Å². The topological polar surface area (TPSA) is 102 Å². The molecule has 0 heterocycles. The van der Waals surface area contributed by atoms with Crippen LogP contribution in [0.2, 0.25) is 0 Å². The smallest absolute Gasteiger partial charge is 0.320 e. The quantitative estimate of drug-likeness (QED) is 0.368. The number of carbonyl (C=O) groups is 1. The summed E-state index contributed by atoms with van der Waals surface area (Å²) in [6, 6.07) is -0.835. The highest BCUT2D eigenvalue weighted by molar-refractivity contribution is 5.77. The maximum Gasteiger partial charge on any atom is 0.320 e. The first-order valence-corrected chi connectivity index (χ1v) is 3.29. The first kappa shape index (κ1) is 9.90. The van der Waals surface area contributed by atoms with E-state index in [0.717, 1.165) is 0 Å². The summed E-state index contributed by atoms with van der Waals surface area (Å²) in [4.78, 5) is 14.0. The van der Waals surface area contributed by atoms with Gasteiger partial charge in [-0.2, -0.15) is 0 Å². The number of carboxylic acids is 1. The van der Waals surface area contributed by atoms with Crippen LogP contribution in [0.5, 0.6) is 0 Å². The predicted molar refractivity (Wildman–Crippen MR) is 42.4 cm³/mol. The van der Waals surface area contributed by atoms with E-state index in [-0.39, 0.29) is 0 Å². The van der Waals surface area contributed by atoms with Crippen LogP contribution in [0.25, 0.3) is 0 Å². The van der Waals surface area contributed by atoms with Crippen molar-refractivity contribution in [2.45, 2.75) is 19.4 Å². The van der Waals surface area contributed by atoms with E-state index >= 15 is 0 Å². The van der Waals surface area contributed by atoms with Crippen LogP contribution in [0.4, 0.5) is 0 Å². The van der Waals surface area contributed by atoms with E-state index in [0.29, 0.717) is 18.8 Å². The van der Waals surface area contributed by atoms with E-state index in [2.05, 4.69) is 4.99 Å². The normalized spacial score (nSPS) is 14.5. The van der Waals surface area contributed by atoms with Crippen molar-refractivity contribution in [1.82, 2.24) is 0 Å². The summed E-state index contributed by atoms with van der Waals surface area (Å²) in [6.45, 7) is 2.02. The Morgan fingerprint density at radius 1 is 1.73 bits per heavy atom. The number of hydrogen-bond donors (Lipinski definition) is 3. The summed E-state index contributed by atoms with van der Waals surface area (Å²) in [6.07, 6.45) is 0.323. The molecule has 0 aliphatic rings. The molecule has 1 unspecified atom stereocenters. The highest BCUT2D eigenvalue weighted by atomic mass is 16.4. The van der Waals surface area contributed by atoms with Crippen molar-refractivity contribution >= 4 is 11.8 Å². The molecule has 0 aliphatic carbocycles. The third-order valence-electron chi connectivity index (χ3n) is 1.12. The minimum Gasteiger partial charge on any atom is -0.480 e. The predicted octanol–water partition coefficient (Wildman–Crippen LogP) is -0.834. The molecule has 5 nitrogen and oxygen atoms in total. The molecule has 5 heteroatoms. The molecule has 5 N–H and O–H groups in total. The Bertz CT molecular complexity index is 163. The fourth-order valence-corrected chi connectivity index (χ4v) is 0.503. The molecule has 0 radical (unpaired) electrons. The van der Waals surface area contributed by atoms with Crippen LogP contribution in [0.15, 0.2) is 4.99 Å². The van der Waals surface area contributed by atoms with Gasteiger partial charge in [0.2, 0.25) is 0 Å². The zero-order chi connectivity index (χ0) is 8.85. The third kappa shape index (κ3) is 5.35. The monoisotopic (exact) mass is 159 g/mol. The molecule has 11 heavy (non-hydrogen) atoms. The second kappa shape index (κ2) is 4.68. The van der Waals surface area contributed by atoms with Crippen LogP contribution in [0.3, 0.4) is 0 Å². The summed E-state index contributed by atoms with van der Waals surface area (Å²) in [5.74, 6) is -0.558. The zero-order valence-corrected chi connectivity index (χ0v) is 6.45. The largest absolute Gasteiger partial charge is 0.480 e. The van der Waals surface area contributed by atoms with Crippen molar-refractivity contribution in [2.24, 2.45) is 16.5 Å². The van der Waals surface area contributed by atoms with Crippen LogP contribution < -0.4 is 11.5 Å². The number of amidine groups is 1. The molecular weight excluding hydrogens is 146 g/mol. The Morgan fingerprint density at radius 2 is 2.27 bits per heavy atom. The van der Waals surface area contributed by atoms with E-state index < -0.39 is 12.0 Å². The lowest BCUT2D eigenvalue weighted by atomic mass is 10.2. The Hall–Kier alpha value is -1.10. The average molecular weight is 159 g/mol. The van der Waals surface area contributed by atoms with Crippen molar-refractivity contribution in [3.63, 3.8) is 0 Å². The molecule has 0 bridgehead atoms. The first-order valence-electron chi connectivity index (χ1n) is 3.29. The number of nitrogens with two attached hydrogens (primary N) is 2. The lowest BCUT2D eigenvalue weighted by Crippen LogP contribution is -2.30. The van der Waals surface area contributed by atoms with E-state index in [1.165, 1.54) is 0 Å². The minimum atomic E-state index is -1.00. The molecule has 0 aromatic heterocycles. The van der Waals surface area contributed by atoms with Crippen molar-refractivity contribution in [2.75, 3.05) is 6.54 Å². The lowest BCUT2D eigenvalue weighted by Gasteiger charge is -2.02. The second-order valence-electron chi connectivity index (χ2n) is 2.26. The molecular formula is C6H13N3O2. The molecule has 0 saturated carbocycles. The number of aliphatic imine (C=N–C) groups is 1. The number of hydrogen-bond acceptors (Lipinski definition) is 3. The summed E-state index contributed by atoms with van der Waals surface area (Å²) in [5.41, 5.74) is 10.4. The van der Waals surface area contributed by atoms with Gasteiger partial charge in [-0.15, -0.1) is 0 Å². The summed E-state index contributed by atoms with van der Waals surface area (Å²) in [7, 11) is 0. The van der Waals surface area contributed by atoms with E-state index in [9.17, 15) is 4.79 Å². The molecule has 0 aliphatic heterocycles. The van der Waals surface area contributed by atoms with Gasteiger partial charge in [-0.3, -0.25) is 9.79 Å². The van der Waals surface area contributed by atoms with Gasteiger partial charge in [-0.1, -0.05) is 0 Å². The van der Waals surface area contributed by atoms with Crippen LogP contribution in [0, 0.1) is 0 Å². The van der Waals surface area contributed by atoms with Gasteiger partial charge >= 0.3 is 5.97 Å². The van der Waals surface area contributed by atoms with Crippen molar-refractivity contribution < 1.29 is 9.90 Å². The van der Waals surface area contributed by atoms with Crippen LogP contribution in [-0.4, -0.2) is 29.5 Å². The van der Waals surface area contributed by atoms with Crippen LogP contribution in [-0.2, 0) is 4.79 Å². The fourth-order valence-electron chi connectivity index (χ4n) is 0.503. The Balaban J connectivity index is 3.55. The highest BCUT2D eigenvalue weighted by Crippen LogP contribution is 1.88. The molecule has 1 atom stereocenters. The van der Waals surface area contributed by atoms with Gasteiger partial charge in [0.15, 0.2) is 0 Å². The van der Waals surface area contributed by atoms with Gasteiger partial charge < -0.3 is 16.6 Å². The number of aliphatic carboxylic acids is 1. The fraction of sp³-hybridized carbons (Fsp3) is 0.667. The molecule has 64 valence electrons. The molecule has 0 saturated heterocycles. The highest BCUT2D eigenvalue weighted by Gasteiger charge is 2.09. The van der Waals surface area contributed by atoms with E-state index in [1.807, 2.05) is 0 Å². The van der Waals surface area contributed by atoms with E-state index in [1.54, 1.807) is 6.92 Å². The molecule has 0 aromatic carbocycles. The summed E-state index contributed by atoms with van der Waals surface area (Å²) in [5, 5.41) is 8.34. The number of carboxylic acid groups (broad SMARTS) is 1. The van der Waals surface area contributed by atoms with Crippen LogP contribution in [0.1, 0.15) is 13.3 Å². The van der Waals surface area contributed by atoms with Crippen molar-refractivity contribution in [3.05, 3.63) is 0 Å². The summed E-state index contributed by atoms with van der Waals surface area (Å²) < 4.78 is 0. The maximum atomic E-state index is 10.2. The van der Waals surface area contributed by atoms with Gasteiger partial charge in [0.1, 0.15) is 6.04 Å². The first-order chi connectivity index (χ1) is 5.04. The SMILES string of the molecule is CC(N)=NCCC(N)C(=O)O. The van der Waals surface area contributed by atoms with E-state index in [4.69, 9.17) is 16.6 Å². The summed E-state index contributed by atoms with van der Waals surface area (Å²) >= 11 is 0. The third-order valence-corrected chi connectivity index (χ3v) is 1.12. The second-order valence-corrected chi connectivity index (χ2v) is 2.26. The molecule has 0 amide bonds. The minimum absolute atomic E-state index is 0.323. The molecule has 0 rings (SSSR count). The van der Waals surface area contributed by atoms with Gasteiger partial charge in [0, 0.05) is 6.54 Å². The molecule has 0 spiro atoms. The Morgan fingerprint density at radius 3 is 2.64 bits per heavy atom. The van der Waals surface area contributed by atoms with Crippen molar-refractivity contribution in [3.8, 4) is 0 Å². The molecule has 0 fully saturated rings. The van der Waals surface area contributed by atoms with Gasteiger partial charge in [-0.05, 0) is 13.3 Å². The standard InChI is InChI=1S/C6H13N3O2/c1-4(7)9-3-2-5(8)6(10)11/h5H,2-3,8H2,1H3,(H2,7,9)(H,10,11).